The van der Waals surface area contributed by atoms with E-state index in [1.54, 1.807) is 13.1 Å². The number of likely N-dealkylation sites (tertiary alicyclic amines) is 1. The molecule has 1 saturated heterocycles. The van der Waals surface area contributed by atoms with Crippen molar-refractivity contribution in [3.63, 3.8) is 0 Å². The van der Waals surface area contributed by atoms with Gasteiger partial charge in [-0.05, 0) is 18.9 Å². The minimum Gasteiger partial charge on any atom is -0.371 e. The van der Waals surface area contributed by atoms with Crippen LogP contribution in [0.2, 0.25) is 0 Å². The Balaban J connectivity index is 1.86. The largest absolute Gasteiger partial charge is 0.371 e. The molecule has 2 aromatic heterocycles. The first-order chi connectivity index (χ1) is 9.69. The van der Waals surface area contributed by atoms with Gasteiger partial charge < -0.3 is 10.2 Å². The Labute approximate surface area is 117 Å². The molecule has 0 aromatic carbocycles. The summed E-state index contributed by atoms with van der Waals surface area (Å²) in [5.41, 5.74) is 2.03. The van der Waals surface area contributed by atoms with Crippen molar-refractivity contribution in [3.8, 4) is 0 Å². The molecule has 0 atom stereocenters. The highest BCUT2D eigenvalue weighted by Gasteiger charge is 2.23. The van der Waals surface area contributed by atoms with E-state index in [-0.39, 0.29) is 5.91 Å². The Hall–Kier alpha value is -2.11. The van der Waals surface area contributed by atoms with Crippen molar-refractivity contribution in [2.75, 3.05) is 25.5 Å². The molecule has 20 heavy (non-hydrogen) atoms. The molecule has 6 heteroatoms. The number of aromatic nitrogens is 3. The van der Waals surface area contributed by atoms with Crippen molar-refractivity contribution in [2.45, 2.75) is 25.7 Å². The van der Waals surface area contributed by atoms with Gasteiger partial charge in [0.15, 0.2) is 5.82 Å². The predicted molar refractivity (Wildman–Crippen MR) is 76.8 cm³/mol. The van der Waals surface area contributed by atoms with Crippen LogP contribution >= 0.6 is 0 Å². The second-order valence-corrected chi connectivity index (χ2v) is 5.21. The molecule has 1 fully saturated rings. The van der Waals surface area contributed by atoms with Crippen LogP contribution < -0.4 is 5.32 Å². The Morgan fingerprint density at radius 2 is 2.15 bits per heavy atom. The Bertz CT molecular complexity index is 628. The van der Waals surface area contributed by atoms with Crippen LogP contribution in [-0.2, 0) is 4.79 Å². The maximum atomic E-state index is 11.4. The summed E-state index contributed by atoms with van der Waals surface area (Å²) in [5, 5.41) is 7.42. The zero-order valence-electron chi connectivity index (χ0n) is 11.8. The van der Waals surface area contributed by atoms with E-state index in [1.165, 1.54) is 0 Å². The van der Waals surface area contributed by atoms with Crippen molar-refractivity contribution in [1.82, 2.24) is 19.5 Å². The fraction of sp³-hybridized carbons (Fsp3) is 0.500. The van der Waals surface area contributed by atoms with Crippen LogP contribution in [-0.4, -0.2) is 45.5 Å². The van der Waals surface area contributed by atoms with Gasteiger partial charge >= 0.3 is 0 Å². The van der Waals surface area contributed by atoms with E-state index in [2.05, 4.69) is 10.4 Å². The van der Waals surface area contributed by atoms with E-state index in [1.807, 2.05) is 28.7 Å². The molecule has 2 aromatic rings. The molecular weight excluding hydrogens is 254 g/mol. The first kappa shape index (κ1) is 12.9. The van der Waals surface area contributed by atoms with Crippen LogP contribution in [0, 0.1) is 0 Å². The van der Waals surface area contributed by atoms with Crippen LogP contribution in [0.5, 0.6) is 0 Å². The van der Waals surface area contributed by atoms with E-state index in [4.69, 9.17) is 4.98 Å². The molecular formula is C14H19N5O. The lowest BCUT2D eigenvalue weighted by molar-refractivity contribution is -0.129. The van der Waals surface area contributed by atoms with Gasteiger partial charge in [-0.3, -0.25) is 4.79 Å². The van der Waals surface area contributed by atoms with Gasteiger partial charge in [-0.15, -0.1) is 0 Å². The molecule has 3 rings (SSSR count). The number of amides is 1. The van der Waals surface area contributed by atoms with Gasteiger partial charge in [0, 0.05) is 33.0 Å². The number of nitrogens with zero attached hydrogens (tertiary/aromatic N) is 4. The molecule has 0 bridgehead atoms. The third-order valence-corrected chi connectivity index (χ3v) is 4.00. The fourth-order valence-electron chi connectivity index (χ4n) is 2.82. The lowest BCUT2D eigenvalue weighted by atomic mass is 9.94. The molecule has 1 aliphatic rings. The number of hydrogen-bond donors (Lipinski definition) is 1. The summed E-state index contributed by atoms with van der Waals surface area (Å²) in [5.74, 6) is 1.41. The zero-order valence-corrected chi connectivity index (χ0v) is 11.8. The topological polar surface area (TPSA) is 62.5 Å². The van der Waals surface area contributed by atoms with Crippen LogP contribution in [0.15, 0.2) is 18.5 Å². The van der Waals surface area contributed by atoms with E-state index < -0.39 is 0 Å². The number of nitrogens with one attached hydrogen (secondary N) is 1. The maximum absolute atomic E-state index is 11.4. The number of rotatable bonds is 2. The van der Waals surface area contributed by atoms with E-state index >= 15 is 0 Å². The lowest BCUT2D eigenvalue weighted by Crippen LogP contribution is -2.36. The number of fused-ring (bicyclic) bond motifs is 1. The summed E-state index contributed by atoms with van der Waals surface area (Å²) in [6, 6.07) is 1.95. The average Bonchev–Trinajstić information content (AvgIpc) is 2.94. The summed E-state index contributed by atoms with van der Waals surface area (Å²) in [6.45, 7) is 3.26. The number of carbonyl (C=O) groups is 1. The SMILES string of the molecule is CNc1nc(C2CCN(C(C)=O)CC2)cn2nccc12. The molecule has 6 nitrogen and oxygen atoms in total. The minimum absolute atomic E-state index is 0.162. The number of hydrogen-bond acceptors (Lipinski definition) is 4. The van der Waals surface area contributed by atoms with Gasteiger partial charge in [0.1, 0.15) is 5.52 Å². The van der Waals surface area contributed by atoms with Crippen LogP contribution in [0.25, 0.3) is 5.52 Å². The van der Waals surface area contributed by atoms with Crippen molar-refractivity contribution in [1.29, 1.82) is 0 Å². The highest BCUT2D eigenvalue weighted by Crippen LogP contribution is 2.28. The van der Waals surface area contributed by atoms with E-state index in [0.29, 0.717) is 5.92 Å². The summed E-state index contributed by atoms with van der Waals surface area (Å²) in [4.78, 5) is 18.0. The molecule has 1 N–H and O–H groups in total. The van der Waals surface area contributed by atoms with Gasteiger partial charge in [0.25, 0.3) is 0 Å². The zero-order chi connectivity index (χ0) is 14.1. The highest BCUT2D eigenvalue weighted by atomic mass is 16.2. The van der Waals surface area contributed by atoms with Gasteiger partial charge in [0.2, 0.25) is 5.91 Å². The van der Waals surface area contributed by atoms with Gasteiger partial charge in [0.05, 0.1) is 18.1 Å². The molecule has 0 aliphatic carbocycles. The van der Waals surface area contributed by atoms with Crippen molar-refractivity contribution in [3.05, 3.63) is 24.2 Å². The third-order valence-electron chi connectivity index (χ3n) is 4.00. The molecule has 0 radical (unpaired) electrons. The lowest BCUT2D eigenvalue weighted by Gasteiger charge is -2.31. The second-order valence-electron chi connectivity index (χ2n) is 5.21. The first-order valence-electron chi connectivity index (χ1n) is 6.96. The Morgan fingerprint density at radius 1 is 1.40 bits per heavy atom. The average molecular weight is 273 g/mol. The van der Waals surface area contributed by atoms with Crippen LogP contribution in [0.3, 0.4) is 0 Å². The molecule has 3 heterocycles. The first-order valence-corrected chi connectivity index (χ1v) is 6.96. The Kier molecular flexibility index (Phi) is 3.30. The summed E-state index contributed by atoms with van der Waals surface area (Å²) < 4.78 is 1.87. The fourth-order valence-corrected chi connectivity index (χ4v) is 2.82. The van der Waals surface area contributed by atoms with Gasteiger partial charge in [-0.25, -0.2) is 9.50 Å². The van der Waals surface area contributed by atoms with E-state index in [0.717, 1.165) is 43.0 Å². The number of carbonyl (C=O) groups excluding carboxylic acids is 1. The minimum atomic E-state index is 0.162. The van der Waals surface area contributed by atoms with Crippen molar-refractivity contribution < 1.29 is 4.79 Å². The standard InChI is InChI=1S/C14H19N5O/c1-10(20)18-7-4-11(5-8-18)12-9-19-13(3-6-16-19)14(15-2)17-12/h3,6,9,11H,4-5,7-8H2,1-2H3,(H,15,17). The molecule has 1 amide bonds. The summed E-state index contributed by atoms with van der Waals surface area (Å²) in [6.07, 6.45) is 5.70. The molecule has 106 valence electrons. The normalized spacial score (nSPS) is 16.6. The quantitative estimate of drug-likeness (QED) is 0.900. The predicted octanol–water partition coefficient (Wildman–Crippen LogP) is 1.50. The van der Waals surface area contributed by atoms with Gasteiger partial charge in [-0.2, -0.15) is 5.10 Å². The maximum Gasteiger partial charge on any atom is 0.219 e. The van der Waals surface area contributed by atoms with Crippen molar-refractivity contribution >= 4 is 17.2 Å². The van der Waals surface area contributed by atoms with Crippen LogP contribution in [0.4, 0.5) is 5.82 Å². The number of piperidine rings is 1. The third kappa shape index (κ3) is 2.21. The van der Waals surface area contributed by atoms with Gasteiger partial charge in [-0.1, -0.05) is 0 Å². The highest BCUT2D eigenvalue weighted by molar-refractivity contribution is 5.73. The molecule has 0 unspecified atom stereocenters. The van der Waals surface area contributed by atoms with Crippen molar-refractivity contribution in [2.24, 2.45) is 0 Å². The Morgan fingerprint density at radius 3 is 2.80 bits per heavy atom. The van der Waals surface area contributed by atoms with Crippen LogP contribution in [0.1, 0.15) is 31.4 Å². The van der Waals surface area contributed by atoms with E-state index in [9.17, 15) is 4.79 Å². The summed E-state index contributed by atoms with van der Waals surface area (Å²) in [7, 11) is 1.87. The summed E-state index contributed by atoms with van der Waals surface area (Å²) >= 11 is 0. The second kappa shape index (κ2) is 5.11. The molecule has 1 aliphatic heterocycles. The molecule has 0 spiro atoms. The number of anilines is 1. The molecule has 0 saturated carbocycles. The smallest absolute Gasteiger partial charge is 0.219 e. The monoisotopic (exact) mass is 273 g/mol.